The Morgan fingerprint density at radius 1 is 1.30 bits per heavy atom. The number of carbonyl (C=O) groups excluding carboxylic acids is 1. The predicted molar refractivity (Wildman–Crippen MR) is 93.1 cm³/mol. The van der Waals surface area contributed by atoms with Gasteiger partial charge in [0.05, 0.1) is 16.9 Å². The van der Waals surface area contributed by atoms with E-state index in [1.165, 1.54) is 0 Å². The number of para-hydroxylation sites is 1. The van der Waals surface area contributed by atoms with Gasteiger partial charge in [0.1, 0.15) is 0 Å². The first-order chi connectivity index (χ1) is 9.58. The first-order valence-electron chi connectivity index (χ1n) is 6.22. The van der Waals surface area contributed by atoms with Gasteiger partial charge >= 0.3 is 0 Å². The van der Waals surface area contributed by atoms with Crippen LogP contribution in [0.15, 0.2) is 40.9 Å². The summed E-state index contributed by atoms with van der Waals surface area (Å²) in [6.07, 6.45) is 0.858. The summed E-state index contributed by atoms with van der Waals surface area (Å²) >= 11 is 5.61. The van der Waals surface area contributed by atoms with Crippen LogP contribution >= 0.6 is 38.5 Å². The number of nitrogens with zero attached hydrogens (tertiary/aromatic N) is 1. The number of nitrogen functional groups attached to an aromatic ring is 1. The Bertz CT molecular complexity index is 702. The molecule has 1 amide bonds. The molecule has 0 saturated heterocycles. The molecule has 0 aromatic heterocycles. The first kappa shape index (κ1) is 13.9. The lowest BCUT2D eigenvalue weighted by Gasteiger charge is -2.19. The zero-order chi connectivity index (χ0) is 14.3. The molecule has 2 N–H and O–H groups in total. The highest BCUT2D eigenvalue weighted by molar-refractivity contribution is 14.1. The molecule has 1 aliphatic rings. The molecule has 0 spiro atoms. The van der Waals surface area contributed by atoms with Crippen molar-refractivity contribution in [2.45, 2.75) is 6.42 Å². The molecule has 2 aromatic rings. The normalized spacial score (nSPS) is 13.4. The highest BCUT2D eigenvalue weighted by Gasteiger charge is 2.28. The van der Waals surface area contributed by atoms with E-state index in [-0.39, 0.29) is 5.91 Å². The van der Waals surface area contributed by atoms with Gasteiger partial charge in [0.25, 0.3) is 5.91 Å². The fourth-order valence-electron chi connectivity index (χ4n) is 2.50. The van der Waals surface area contributed by atoms with E-state index in [2.05, 4.69) is 38.5 Å². The summed E-state index contributed by atoms with van der Waals surface area (Å²) < 4.78 is 1.85. The zero-order valence-corrected chi connectivity index (χ0v) is 14.3. The van der Waals surface area contributed by atoms with Crippen molar-refractivity contribution in [3.05, 3.63) is 55.6 Å². The molecular formula is C15H12BrIN2O. The average Bonchev–Trinajstić information content (AvgIpc) is 2.86. The second-order valence-corrected chi connectivity index (χ2v) is 6.76. The number of fused-ring (bicyclic) bond motifs is 1. The van der Waals surface area contributed by atoms with E-state index in [0.29, 0.717) is 17.8 Å². The third-order valence-electron chi connectivity index (χ3n) is 3.43. The second-order valence-electron chi connectivity index (χ2n) is 4.69. The molecule has 1 aliphatic heterocycles. The summed E-state index contributed by atoms with van der Waals surface area (Å²) in [6, 6.07) is 11.5. The van der Waals surface area contributed by atoms with Crippen molar-refractivity contribution in [3.63, 3.8) is 0 Å². The smallest absolute Gasteiger partial charge is 0.259 e. The van der Waals surface area contributed by atoms with Gasteiger partial charge in [0, 0.05) is 14.6 Å². The number of hydrogen-bond donors (Lipinski definition) is 1. The van der Waals surface area contributed by atoms with Gasteiger partial charge < -0.3 is 10.6 Å². The fourth-order valence-corrected chi connectivity index (χ4v) is 3.42. The number of rotatable bonds is 1. The maximum Gasteiger partial charge on any atom is 0.259 e. The van der Waals surface area contributed by atoms with E-state index in [9.17, 15) is 4.79 Å². The van der Waals surface area contributed by atoms with E-state index in [4.69, 9.17) is 5.73 Å². The number of nitrogens with two attached hydrogens (primary N) is 1. The molecule has 0 radical (unpaired) electrons. The molecule has 0 saturated carbocycles. The maximum absolute atomic E-state index is 12.8. The SMILES string of the molecule is Nc1cccc2c1N(C(=O)c1cc(Br)ccc1I)CC2. The number of carbonyl (C=O) groups is 1. The topological polar surface area (TPSA) is 46.3 Å². The predicted octanol–water partition coefficient (Wildman–Crippen LogP) is 3.84. The fraction of sp³-hybridized carbons (Fsp3) is 0.133. The molecule has 1 heterocycles. The summed E-state index contributed by atoms with van der Waals surface area (Å²) in [7, 11) is 0. The molecule has 0 fully saturated rings. The van der Waals surface area contributed by atoms with Crippen molar-refractivity contribution in [2.24, 2.45) is 0 Å². The van der Waals surface area contributed by atoms with Crippen LogP contribution in [0.2, 0.25) is 0 Å². The van der Waals surface area contributed by atoms with Crippen molar-refractivity contribution in [1.29, 1.82) is 0 Å². The van der Waals surface area contributed by atoms with Crippen LogP contribution in [0.5, 0.6) is 0 Å². The lowest BCUT2D eigenvalue weighted by molar-refractivity contribution is 0.0988. The van der Waals surface area contributed by atoms with Crippen molar-refractivity contribution in [2.75, 3.05) is 17.2 Å². The van der Waals surface area contributed by atoms with Gasteiger partial charge in [-0.1, -0.05) is 28.1 Å². The van der Waals surface area contributed by atoms with Crippen LogP contribution in [0.3, 0.4) is 0 Å². The number of halogens is 2. The van der Waals surface area contributed by atoms with Crippen LogP contribution < -0.4 is 10.6 Å². The van der Waals surface area contributed by atoms with E-state index in [1.54, 1.807) is 4.90 Å². The minimum atomic E-state index is 0.00681. The molecule has 0 unspecified atom stereocenters. The van der Waals surface area contributed by atoms with Crippen molar-refractivity contribution in [1.82, 2.24) is 0 Å². The van der Waals surface area contributed by atoms with Gasteiger partial charge in [-0.2, -0.15) is 0 Å². The molecular weight excluding hydrogens is 431 g/mol. The quantitative estimate of drug-likeness (QED) is 0.538. The third kappa shape index (κ3) is 2.33. The van der Waals surface area contributed by atoms with Gasteiger partial charge in [-0.25, -0.2) is 0 Å². The van der Waals surface area contributed by atoms with Crippen LogP contribution in [0.4, 0.5) is 11.4 Å². The van der Waals surface area contributed by atoms with Crippen molar-refractivity contribution in [3.8, 4) is 0 Å². The highest BCUT2D eigenvalue weighted by atomic mass is 127. The van der Waals surface area contributed by atoms with Crippen LogP contribution in [0.25, 0.3) is 0 Å². The molecule has 5 heteroatoms. The summed E-state index contributed by atoms with van der Waals surface area (Å²) in [4.78, 5) is 14.6. The molecule has 0 atom stereocenters. The number of benzene rings is 2. The average molecular weight is 443 g/mol. The Hall–Kier alpha value is -1.08. The Morgan fingerprint density at radius 2 is 2.10 bits per heavy atom. The van der Waals surface area contributed by atoms with Crippen LogP contribution in [0.1, 0.15) is 15.9 Å². The van der Waals surface area contributed by atoms with Gasteiger partial charge in [-0.05, 0) is 58.8 Å². The number of anilines is 2. The minimum absolute atomic E-state index is 0.00681. The van der Waals surface area contributed by atoms with Gasteiger partial charge in [0.15, 0.2) is 0 Å². The van der Waals surface area contributed by atoms with E-state index < -0.39 is 0 Å². The van der Waals surface area contributed by atoms with Gasteiger partial charge in [0.2, 0.25) is 0 Å². The first-order valence-corrected chi connectivity index (χ1v) is 8.09. The third-order valence-corrected chi connectivity index (χ3v) is 4.86. The van der Waals surface area contributed by atoms with Crippen LogP contribution in [-0.4, -0.2) is 12.5 Å². The van der Waals surface area contributed by atoms with Gasteiger partial charge in [-0.3, -0.25) is 4.79 Å². The Balaban J connectivity index is 2.04. The Morgan fingerprint density at radius 3 is 2.90 bits per heavy atom. The van der Waals surface area contributed by atoms with E-state index in [1.807, 2.05) is 36.4 Å². The summed E-state index contributed by atoms with van der Waals surface area (Å²) in [6.45, 7) is 0.685. The number of amides is 1. The zero-order valence-electron chi connectivity index (χ0n) is 10.6. The molecule has 102 valence electrons. The van der Waals surface area contributed by atoms with Crippen LogP contribution in [0, 0.1) is 3.57 Å². The minimum Gasteiger partial charge on any atom is -0.397 e. The Kier molecular flexibility index (Phi) is 3.72. The summed E-state index contributed by atoms with van der Waals surface area (Å²) in [5.41, 5.74) is 9.42. The maximum atomic E-state index is 12.8. The van der Waals surface area contributed by atoms with Gasteiger partial charge in [-0.15, -0.1) is 0 Å². The summed E-state index contributed by atoms with van der Waals surface area (Å²) in [5, 5.41) is 0. The van der Waals surface area contributed by atoms with Crippen molar-refractivity contribution < 1.29 is 4.79 Å². The molecule has 3 nitrogen and oxygen atoms in total. The standard InChI is InChI=1S/C15H12BrIN2O/c16-10-4-5-12(17)11(8-10)15(20)19-7-6-9-2-1-3-13(18)14(9)19/h1-5,8H,6-7,18H2. The molecule has 20 heavy (non-hydrogen) atoms. The lowest BCUT2D eigenvalue weighted by Crippen LogP contribution is -2.30. The molecule has 0 bridgehead atoms. The van der Waals surface area contributed by atoms with E-state index in [0.717, 1.165) is 25.7 Å². The molecule has 3 rings (SSSR count). The monoisotopic (exact) mass is 442 g/mol. The lowest BCUT2D eigenvalue weighted by atomic mass is 10.1. The Labute approximate surface area is 139 Å². The van der Waals surface area contributed by atoms with E-state index >= 15 is 0 Å². The van der Waals surface area contributed by atoms with Crippen LogP contribution in [-0.2, 0) is 6.42 Å². The number of hydrogen-bond acceptors (Lipinski definition) is 2. The van der Waals surface area contributed by atoms with Crippen molar-refractivity contribution >= 4 is 55.8 Å². The molecule has 2 aromatic carbocycles. The largest absolute Gasteiger partial charge is 0.397 e. The molecule has 0 aliphatic carbocycles. The summed E-state index contributed by atoms with van der Waals surface area (Å²) in [5.74, 6) is 0.00681. The second kappa shape index (κ2) is 5.37. The highest BCUT2D eigenvalue weighted by Crippen LogP contribution is 2.35.